The van der Waals surface area contributed by atoms with Crippen LogP contribution in [-0.2, 0) is 14.3 Å². The van der Waals surface area contributed by atoms with Crippen LogP contribution in [-0.4, -0.2) is 65.7 Å². The Morgan fingerprint density at radius 1 is 0.971 bits per heavy atom. The van der Waals surface area contributed by atoms with Crippen LogP contribution in [0.25, 0.3) is 11.1 Å². The molecule has 2 bridgehead atoms. The number of alkyl carbamates (subject to hydrolysis) is 1. The molecule has 2 atom stereocenters. The highest BCUT2D eigenvalue weighted by Gasteiger charge is 2.46. The number of carboxylic acids is 1. The summed E-state index contributed by atoms with van der Waals surface area (Å²) in [6, 6.07) is 16.4. The molecule has 2 unspecified atom stereocenters. The molecular formula is C27H30N2O5S. The van der Waals surface area contributed by atoms with E-state index in [4.69, 9.17) is 4.74 Å². The molecule has 2 fully saturated rings. The fourth-order valence-corrected chi connectivity index (χ4v) is 6.70. The number of carbonyl (C=O) groups excluding carboxylic acids is 2. The van der Waals surface area contributed by atoms with Crippen LogP contribution in [0.3, 0.4) is 0 Å². The van der Waals surface area contributed by atoms with Gasteiger partial charge in [0.05, 0.1) is 11.7 Å². The van der Waals surface area contributed by atoms with Crippen LogP contribution in [0.15, 0.2) is 48.5 Å². The Bertz CT molecular complexity index is 1060. The van der Waals surface area contributed by atoms with Crippen molar-refractivity contribution in [2.75, 3.05) is 37.7 Å². The van der Waals surface area contributed by atoms with E-state index in [0.29, 0.717) is 31.1 Å². The summed E-state index contributed by atoms with van der Waals surface area (Å²) in [7, 11) is 0. The normalized spacial score (nSPS) is 22.4. The number of piperidine rings is 1. The zero-order chi connectivity index (χ0) is 24.4. The van der Waals surface area contributed by atoms with Gasteiger partial charge in [-0.15, -0.1) is 0 Å². The number of likely N-dealkylation sites (tertiary alicyclic amines) is 1. The first-order chi connectivity index (χ1) is 17.0. The summed E-state index contributed by atoms with van der Waals surface area (Å²) in [5.74, 6) is 0.160. The molecular weight excluding hydrogens is 464 g/mol. The molecule has 3 aliphatic rings. The minimum Gasteiger partial charge on any atom is -0.481 e. The number of hydrogen-bond donors (Lipinski definition) is 2. The second kappa shape index (κ2) is 10.3. The molecule has 2 aromatic carbocycles. The van der Waals surface area contributed by atoms with Crippen molar-refractivity contribution in [3.8, 4) is 11.1 Å². The predicted octanol–water partition coefficient (Wildman–Crippen LogP) is 3.83. The van der Waals surface area contributed by atoms with Crippen LogP contribution in [0.5, 0.6) is 0 Å². The number of ether oxygens (including phenoxy) is 1. The average Bonchev–Trinajstić information content (AvgIpc) is 3.33. The topological polar surface area (TPSA) is 95.9 Å². The lowest BCUT2D eigenvalue weighted by atomic mass is 9.85. The summed E-state index contributed by atoms with van der Waals surface area (Å²) >= 11 is 1.47. The van der Waals surface area contributed by atoms with E-state index in [0.717, 1.165) is 12.8 Å². The van der Waals surface area contributed by atoms with Crippen molar-refractivity contribution >= 4 is 29.7 Å². The first-order valence-corrected chi connectivity index (χ1v) is 13.4. The first-order valence-electron chi connectivity index (χ1n) is 12.2. The van der Waals surface area contributed by atoms with Crippen LogP contribution in [0.4, 0.5) is 4.79 Å². The molecule has 7 nitrogen and oxygen atoms in total. The van der Waals surface area contributed by atoms with E-state index in [1.807, 2.05) is 29.2 Å². The number of carbonyl (C=O) groups is 3. The monoisotopic (exact) mass is 494 g/mol. The van der Waals surface area contributed by atoms with Gasteiger partial charge >= 0.3 is 12.1 Å². The SMILES string of the molecule is O=C(NCCSCC(=O)N1CC2CCC(C1)C2C(=O)O)OCC1c2ccccc2-c2ccccc21. The fraction of sp³-hybridized carbons (Fsp3) is 0.444. The molecule has 0 aromatic heterocycles. The standard InChI is InChI=1S/C27H30N2O5S/c30-24(29-13-17-9-10-18(14-29)25(17)26(31)32)16-35-12-11-28-27(33)34-15-23-21-7-3-1-5-19(21)20-6-2-4-8-22(20)23/h1-8,17-18,23,25H,9-16H2,(H,28,33)(H,31,32). The van der Waals surface area contributed by atoms with Gasteiger partial charge in [-0.05, 0) is 46.9 Å². The molecule has 1 aliphatic heterocycles. The number of fused-ring (bicyclic) bond motifs is 5. The molecule has 8 heteroatoms. The maximum Gasteiger partial charge on any atom is 0.407 e. The smallest absolute Gasteiger partial charge is 0.407 e. The van der Waals surface area contributed by atoms with Gasteiger partial charge in [-0.25, -0.2) is 4.79 Å². The molecule has 5 rings (SSSR count). The van der Waals surface area contributed by atoms with E-state index < -0.39 is 12.1 Å². The van der Waals surface area contributed by atoms with Crippen molar-refractivity contribution in [2.24, 2.45) is 17.8 Å². The van der Waals surface area contributed by atoms with Gasteiger partial charge in [-0.1, -0.05) is 48.5 Å². The van der Waals surface area contributed by atoms with Gasteiger partial charge in [0.2, 0.25) is 5.91 Å². The largest absolute Gasteiger partial charge is 0.481 e. The number of hydrogen-bond acceptors (Lipinski definition) is 5. The fourth-order valence-electron chi connectivity index (χ4n) is 5.95. The highest BCUT2D eigenvalue weighted by molar-refractivity contribution is 7.99. The molecule has 0 radical (unpaired) electrons. The third-order valence-electron chi connectivity index (χ3n) is 7.56. The molecule has 184 valence electrons. The Balaban J connectivity index is 1.02. The molecule has 1 saturated carbocycles. The van der Waals surface area contributed by atoms with Crippen molar-refractivity contribution in [1.29, 1.82) is 0 Å². The molecule has 0 spiro atoms. The van der Waals surface area contributed by atoms with Crippen molar-refractivity contribution in [2.45, 2.75) is 18.8 Å². The van der Waals surface area contributed by atoms with E-state index in [9.17, 15) is 19.5 Å². The molecule has 35 heavy (non-hydrogen) atoms. The van der Waals surface area contributed by atoms with E-state index >= 15 is 0 Å². The molecule has 2 aliphatic carbocycles. The summed E-state index contributed by atoms with van der Waals surface area (Å²) in [5, 5.41) is 12.2. The highest BCUT2D eigenvalue weighted by atomic mass is 32.2. The van der Waals surface area contributed by atoms with Gasteiger partial charge in [-0.3, -0.25) is 9.59 Å². The van der Waals surface area contributed by atoms with Gasteiger partial charge in [0.25, 0.3) is 0 Å². The average molecular weight is 495 g/mol. The Morgan fingerprint density at radius 2 is 1.57 bits per heavy atom. The summed E-state index contributed by atoms with van der Waals surface area (Å²) in [5.41, 5.74) is 4.74. The Labute approximate surface area is 209 Å². The summed E-state index contributed by atoms with van der Waals surface area (Å²) < 4.78 is 5.54. The second-order valence-corrected chi connectivity index (χ2v) is 10.7. The van der Waals surface area contributed by atoms with Gasteiger partial charge in [0, 0.05) is 31.3 Å². The van der Waals surface area contributed by atoms with Crippen LogP contribution < -0.4 is 5.32 Å². The Morgan fingerprint density at radius 3 is 2.17 bits per heavy atom. The van der Waals surface area contributed by atoms with Crippen LogP contribution in [0.1, 0.15) is 29.9 Å². The van der Waals surface area contributed by atoms with Gasteiger partial charge in [-0.2, -0.15) is 11.8 Å². The minimum absolute atomic E-state index is 0.0284. The van der Waals surface area contributed by atoms with Crippen LogP contribution in [0, 0.1) is 17.8 Å². The van der Waals surface area contributed by atoms with E-state index in [1.165, 1.54) is 34.0 Å². The van der Waals surface area contributed by atoms with Gasteiger partial charge in [0.15, 0.2) is 0 Å². The zero-order valence-corrected chi connectivity index (χ0v) is 20.3. The molecule has 2 N–H and O–H groups in total. The third kappa shape index (κ3) is 4.89. The van der Waals surface area contributed by atoms with E-state index in [1.54, 1.807) is 0 Å². The van der Waals surface area contributed by atoms with Gasteiger partial charge < -0.3 is 20.1 Å². The number of carboxylic acid groups (broad SMARTS) is 1. The highest BCUT2D eigenvalue weighted by Crippen LogP contribution is 2.44. The van der Waals surface area contributed by atoms with Crippen molar-refractivity contribution < 1.29 is 24.2 Å². The minimum atomic E-state index is -0.724. The van der Waals surface area contributed by atoms with Crippen molar-refractivity contribution in [1.82, 2.24) is 10.2 Å². The molecule has 2 aromatic rings. The van der Waals surface area contributed by atoms with E-state index in [2.05, 4.69) is 29.6 Å². The van der Waals surface area contributed by atoms with Crippen molar-refractivity contribution in [3.05, 3.63) is 59.7 Å². The van der Waals surface area contributed by atoms with E-state index in [-0.39, 0.29) is 36.2 Å². The number of thioether (sulfide) groups is 1. The maximum atomic E-state index is 12.6. The number of nitrogens with one attached hydrogen (secondary N) is 1. The van der Waals surface area contributed by atoms with Crippen LogP contribution in [0.2, 0.25) is 0 Å². The predicted molar refractivity (Wildman–Crippen MR) is 134 cm³/mol. The Hall–Kier alpha value is -3.00. The number of aliphatic carboxylic acids is 1. The summed E-state index contributed by atoms with van der Waals surface area (Å²) in [4.78, 5) is 38.2. The molecule has 1 saturated heterocycles. The lowest BCUT2D eigenvalue weighted by Crippen LogP contribution is -2.47. The summed E-state index contributed by atoms with van der Waals surface area (Å²) in [6.07, 6.45) is 1.33. The number of nitrogens with zero attached hydrogens (tertiary/aromatic N) is 1. The maximum absolute atomic E-state index is 12.6. The number of amides is 2. The zero-order valence-electron chi connectivity index (χ0n) is 19.5. The lowest BCUT2D eigenvalue weighted by Gasteiger charge is -2.36. The number of benzene rings is 2. The van der Waals surface area contributed by atoms with Gasteiger partial charge in [0.1, 0.15) is 6.61 Å². The number of rotatable bonds is 8. The quantitative estimate of drug-likeness (QED) is 0.542. The second-order valence-electron chi connectivity index (χ2n) is 9.57. The third-order valence-corrected chi connectivity index (χ3v) is 8.50. The summed E-state index contributed by atoms with van der Waals surface area (Å²) in [6.45, 7) is 1.79. The lowest BCUT2D eigenvalue weighted by molar-refractivity contribution is -0.149. The van der Waals surface area contributed by atoms with Crippen molar-refractivity contribution in [3.63, 3.8) is 0 Å². The molecule has 1 heterocycles. The first kappa shape index (κ1) is 23.7. The Kier molecular flexibility index (Phi) is 7.00. The van der Waals surface area contributed by atoms with Crippen LogP contribution >= 0.6 is 11.8 Å². The molecule has 2 amide bonds.